The van der Waals surface area contributed by atoms with Crippen molar-refractivity contribution < 1.29 is 5.11 Å². The van der Waals surface area contributed by atoms with Crippen LogP contribution in [0.1, 0.15) is 6.42 Å². The van der Waals surface area contributed by atoms with Crippen molar-refractivity contribution in [3.05, 3.63) is 12.7 Å². The molecule has 0 aromatic rings. The number of β-amino-alcohol motifs (C(OH)–C–C–N with tert-alkyl or cyclic N) is 1. The van der Waals surface area contributed by atoms with E-state index < -0.39 is 0 Å². The maximum absolute atomic E-state index is 9.05. The molecule has 1 atom stereocenters. The number of hydrogen-bond acceptors (Lipinski definition) is 2. The molecule has 0 bridgehead atoms. The maximum Gasteiger partial charge on any atom is 0.0679 e. The summed E-state index contributed by atoms with van der Waals surface area (Å²) in [6.07, 6.45) is 2.70. The first-order valence-corrected chi connectivity index (χ1v) is 3.34. The van der Waals surface area contributed by atoms with Crippen molar-refractivity contribution in [2.45, 2.75) is 12.5 Å². The van der Waals surface area contributed by atoms with Crippen LogP contribution in [0.4, 0.5) is 0 Å². The molecule has 0 amide bonds. The summed E-state index contributed by atoms with van der Waals surface area (Å²) in [5.41, 5.74) is 0. The zero-order chi connectivity index (χ0) is 6.69. The molecule has 0 aliphatic carbocycles. The van der Waals surface area contributed by atoms with E-state index in [1.165, 1.54) is 0 Å². The fourth-order valence-corrected chi connectivity index (χ4v) is 1.16. The second-order valence-corrected chi connectivity index (χ2v) is 2.49. The number of likely N-dealkylation sites (tertiary alicyclic amines) is 1. The molecule has 1 N–H and O–H groups in total. The Morgan fingerprint density at radius 1 is 1.78 bits per heavy atom. The van der Waals surface area contributed by atoms with Gasteiger partial charge in [-0.05, 0) is 6.42 Å². The highest BCUT2D eigenvalue weighted by Crippen LogP contribution is 2.07. The Kier molecular flexibility index (Phi) is 2.25. The summed E-state index contributed by atoms with van der Waals surface area (Å²) in [6, 6.07) is 0. The minimum Gasteiger partial charge on any atom is -0.392 e. The van der Waals surface area contributed by atoms with E-state index in [-0.39, 0.29) is 6.10 Å². The first-order valence-electron chi connectivity index (χ1n) is 3.34. The highest BCUT2D eigenvalue weighted by molar-refractivity contribution is 4.80. The number of nitrogens with zero attached hydrogens (tertiary/aromatic N) is 1. The van der Waals surface area contributed by atoms with E-state index in [9.17, 15) is 0 Å². The summed E-state index contributed by atoms with van der Waals surface area (Å²) in [5, 5.41) is 9.05. The summed E-state index contributed by atoms with van der Waals surface area (Å²) < 4.78 is 0. The van der Waals surface area contributed by atoms with Crippen LogP contribution in [0.3, 0.4) is 0 Å². The molecule has 1 heterocycles. The monoisotopic (exact) mass is 127 g/mol. The van der Waals surface area contributed by atoms with E-state index in [0.29, 0.717) is 0 Å². The molecule has 9 heavy (non-hydrogen) atoms. The van der Waals surface area contributed by atoms with Crippen LogP contribution < -0.4 is 0 Å². The Morgan fingerprint density at radius 3 is 3.00 bits per heavy atom. The fourth-order valence-electron chi connectivity index (χ4n) is 1.16. The minimum absolute atomic E-state index is 0.0926. The molecule has 52 valence electrons. The second-order valence-electron chi connectivity index (χ2n) is 2.49. The molecule has 2 heteroatoms. The van der Waals surface area contributed by atoms with Crippen LogP contribution in [0.25, 0.3) is 0 Å². The third-order valence-corrected chi connectivity index (χ3v) is 1.63. The van der Waals surface area contributed by atoms with Gasteiger partial charge in [-0.2, -0.15) is 0 Å². The molecule has 0 unspecified atom stereocenters. The van der Waals surface area contributed by atoms with E-state index in [1.54, 1.807) is 0 Å². The molecule has 1 aliphatic rings. The van der Waals surface area contributed by atoms with Crippen LogP contribution >= 0.6 is 0 Å². The average molecular weight is 127 g/mol. The molecule has 1 rings (SSSR count). The van der Waals surface area contributed by atoms with Gasteiger partial charge in [0.15, 0.2) is 0 Å². The van der Waals surface area contributed by atoms with E-state index in [4.69, 9.17) is 5.11 Å². The summed E-state index contributed by atoms with van der Waals surface area (Å²) >= 11 is 0. The summed E-state index contributed by atoms with van der Waals surface area (Å²) in [4.78, 5) is 2.19. The largest absolute Gasteiger partial charge is 0.392 e. The average Bonchev–Trinajstić information content (AvgIpc) is 2.17. The summed E-state index contributed by atoms with van der Waals surface area (Å²) in [5.74, 6) is 0. The molecule has 0 aromatic heterocycles. The second kappa shape index (κ2) is 2.99. The lowest BCUT2D eigenvalue weighted by molar-refractivity contribution is 0.179. The van der Waals surface area contributed by atoms with Crippen molar-refractivity contribution in [3.63, 3.8) is 0 Å². The number of aliphatic hydroxyl groups excluding tert-OH is 1. The van der Waals surface area contributed by atoms with Crippen LogP contribution in [-0.2, 0) is 0 Å². The van der Waals surface area contributed by atoms with Crippen LogP contribution in [0, 0.1) is 0 Å². The highest BCUT2D eigenvalue weighted by Gasteiger charge is 2.17. The predicted molar refractivity (Wildman–Crippen MR) is 37.3 cm³/mol. The Balaban J connectivity index is 2.21. The molecule has 0 saturated carbocycles. The molecular weight excluding hydrogens is 114 g/mol. The lowest BCUT2D eigenvalue weighted by atomic mass is 10.3. The Labute approximate surface area is 55.8 Å². The molecule has 1 saturated heterocycles. The molecule has 2 nitrogen and oxygen atoms in total. The Bertz CT molecular complexity index is 103. The molecule has 1 fully saturated rings. The summed E-state index contributed by atoms with van der Waals surface area (Å²) in [7, 11) is 0. The molecule has 1 aliphatic heterocycles. The zero-order valence-corrected chi connectivity index (χ0v) is 5.58. The van der Waals surface area contributed by atoms with Crippen LogP contribution in [0.2, 0.25) is 0 Å². The van der Waals surface area contributed by atoms with Crippen molar-refractivity contribution in [2.75, 3.05) is 19.6 Å². The Morgan fingerprint density at radius 2 is 2.56 bits per heavy atom. The van der Waals surface area contributed by atoms with Gasteiger partial charge in [0.05, 0.1) is 6.10 Å². The van der Waals surface area contributed by atoms with Gasteiger partial charge in [0, 0.05) is 19.6 Å². The minimum atomic E-state index is -0.0926. The van der Waals surface area contributed by atoms with Crippen molar-refractivity contribution in [2.24, 2.45) is 0 Å². The van der Waals surface area contributed by atoms with E-state index in [2.05, 4.69) is 11.5 Å². The van der Waals surface area contributed by atoms with Crippen LogP contribution in [0.5, 0.6) is 0 Å². The van der Waals surface area contributed by atoms with Crippen molar-refractivity contribution in [1.29, 1.82) is 0 Å². The van der Waals surface area contributed by atoms with Gasteiger partial charge in [0.1, 0.15) is 0 Å². The maximum atomic E-state index is 9.05. The van der Waals surface area contributed by atoms with Gasteiger partial charge in [-0.1, -0.05) is 6.08 Å². The fraction of sp³-hybridized carbons (Fsp3) is 0.714. The molecule has 0 aromatic carbocycles. The van der Waals surface area contributed by atoms with Crippen molar-refractivity contribution in [3.8, 4) is 0 Å². The van der Waals surface area contributed by atoms with Gasteiger partial charge < -0.3 is 5.11 Å². The quantitative estimate of drug-likeness (QED) is 0.537. The van der Waals surface area contributed by atoms with E-state index in [0.717, 1.165) is 26.1 Å². The van der Waals surface area contributed by atoms with E-state index in [1.807, 2.05) is 6.08 Å². The normalized spacial score (nSPS) is 28.8. The van der Waals surface area contributed by atoms with Gasteiger partial charge in [-0.15, -0.1) is 6.58 Å². The van der Waals surface area contributed by atoms with Crippen molar-refractivity contribution in [1.82, 2.24) is 4.90 Å². The highest BCUT2D eigenvalue weighted by atomic mass is 16.3. The molecule has 0 radical (unpaired) electrons. The zero-order valence-electron chi connectivity index (χ0n) is 5.58. The number of hydrogen-bond donors (Lipinski definition) is 1. The van der Waals surface area contributed by atoms with Crippen molar-refractivity contribution >= 4 is 0 Å². The van der Waals surface area contributed by atoms with Crippen LogP contribution in [0.15, 0.2) is 12.7 Å². The standard InChI is InChI=1S/C7H13NO/c1-2-4-8-5-3-7(9)6-8/h2,7,9H,1,3-6H2/t7-/m0/s1. The van der Waals surface area contributed by atoms with Gasteiger partial charge in [0.25, 0.3) is 0 Å². The molecular formula is C7H13NO. The van der Waals surface area contributed by atoms with Gasteiger partial charge in [0.2, 0.25) is 0 Å². The smallest absolute Gasteiger partial charge is 0.0679 e. The number of aliphatic hydroxyl groups is 1. The molecule has 0 spiro atoms. The first-order chi connectivity index (χ1) is 4.33. The lowest BCUT2D eigenvalue weighted by Crippen LogP contribution is -2.21. The number of rotatable bonds is 2. The van der Waals surface area contributed by atoms with Gasteiger partial charge in [-0.25, -0.2) is 0 Å². The topological polar surface area (TPSA) is 23.5 Å². The van der Waals surface area contributed by atoms with Gasteiger partial charge in [-0.3, -0.25) is 4.90 Å². The lowest BCUT2D eigenvalue weighted by Gasteiger charge is -2.10. The van der Waals surface area contributed by atoms with Crippen LogP contribution in [-0.4, -0.2) is 35.7 Å². The SMILES string of the molecule is C=CCN1CC[C@H](O)C1. The first kappa shape index (κ1) is 6.78. The third-order valence-electron chi connectivity index (χ3n) is 1.63. The van der Waals surface area contributed by atoms with E-state index >= 15 is 0 Å². The Hall–Kier alpha value is -0.340. The predicted octanol–water partition coefficient (Wildman–Crippen LogP) is 0.239. The summed E-state index contributed by atoms with van der Waals surface area (Å²) in [6.45, 7) is 6.39. The van der Waals surface area contributed by atoms with Gasteiger partial charge >= 0.3 is 0 Å². The third kappa shape index (κ3) is 1.80.